The van der Waals surface area contributed by atoms with Crippen LogP contribution in [0.4, 0.5) is 4.39 Å². The van der Waals surface area contributed by atoms with E-state index in [-0.39, 0.29) is 0 Å². The van der Waals surface area contributed by atoms with Crippen molar-refractivity contribution >= 4 is 22.8 Å². The van der Waals surface area contributed by atoms with E-state index in [4.69, 9.17) is 0 Å². The number of benzene rings is 2. The summed E-state index contributed by atoms with van der Waals surface area (Å²) in [6, 6.07) is 13.2. The quantitative estimate of drug-likeness (QED) is 0.584. The van der Waals surface area contributed by atoms with Gasteiger partial charge in [-0.25, -0.2) is 4.79 Å². The predicted octanol–water partition coefficient (Wildman–Crippen LogP) is 3.32. The van der Waals surface area contributed by atoms with Gasteiger partial charge in [0.25, 0.3) is 0 Å². The summed E-state index contributed by atoms with van der Waals surface area (Å²) in [5.74, 6) is -1.86. The van der Waals surface area contributed by atoms with Gasteiger partial charge in [0, 0.05) is 0 Å². The van der Waals surface area contributed by atoms with Gasteiger partial charge in [-0.05, 0) is 28.5 Å². The number of methoxy groups -OCH3 is 1. The van der Waals surface area contributed by atoms with Crippen molar-refractivity contribution in [1.29, 1.82) is 0 Å². The molecule has 17 heavy (non-hydrogen) atoms. The van der Waals surface area contributed by atoms with Crippen LogP contribution >= 0.6 is 0 Å². The van der Waals surface area contributed by atoms with Crippen LogP contribution in [0.3, 0.4) is 0 Å². The van der Waals surface area contributed by atoms with Gasteiger partial charge in [0.15, 0.2) is 0 Å². The minimum Gasteiger partial charge on any atom is -0.464 e. The summed E-state index contributed by atoms with van der Waals surface area (Å²) in [6.07, 6.45) is 1.16. The molecule has 86 valence electrons. The molecule has 0 aromatic heterocycles. The molecule has 2 rings (SSSR count). The average Bonchev–Trinajstić information content (AvgIpc) is 2.37. The molecule has 0 spiro atoms. The van der Waals surface area contributed by atoms with Gasteiger partial charge in [-0.15, -0.1) is 0 Å². The van der Waals surface area contributed by atoms with E-state index in [0.717, 1.165) is 24.0 Å². The smallest absolute Gasteiger partial charge is 0.366 e. The number of ether oxygens (including phenoxy) is 1. The second kappa shape index (κ2) is 4.78. The molecular formula is C14H11FO2. The van der Waals surface area contributed by atoms with Crippen molar-refractivity contribution in [2.75, 3.05) is 7.11 Å². The molecule has 0 heterocycles. The van der Waals surface area contributed by atoms with Crippen molar-refractivity contribution in [2.45, 2.75) is 0 Å². The normalized spacial score (nSPS) is 11.5. The summed E-state index contributed by atoms with van der Waals surface area (Å²) in [5, 5.41) is 2.07. The fourth-order valence-electron chi connectivity index (χ4n) is 1.60. The number of esters is 1. The van der Waals surface area contributed by atoms with Crippen LogP contribution in [0, 0.1) is 0 Å². The number of carbonyl (C=O) groups excluding carboxylic acids is 1. The van der Waals surface area contributed by atoms with E-state index in [1.807, 2.05) is 36.4 Å². The molecule has 0 aliphatic carbocycles. The third kappa shape index (κ3) is 2.50. The van der Waals surface area contributed by atoms with E-state index < -0.39 is 11.8 Å². The van der Waals surface area contributed by atoms with E-state index in [0.29, 0.717) is 5.56 Å². The predicted molar refractivity (Wildman–Crippen MR) is 65.0 cm³/mol. The van der Waals surface area contributed by atoms with Crippen molar-refractivity contribution < 1.29 is 13.9 Å². The maximum atomic E-state index is 13.3. The SMILES string of the molecule is COC(=O)/C(F)=C/c1ccc2ccccc2c1. The molecule has 0 atom stereocenters. The highest BCUT2D eigenvalue weighted by Gasteiger charge is 2.07. The van der Waals surface area contributed by atoms with Crippen molar-refractivity contribution in [3.05, 3.63) is 53.9 Å². The number of hydrogen-bond acceptors (Lipinski definition) is 2. The van der Waals surface area contributed by atoms with Crippen LogP contribution in [0.15, 0.2) is 48.3 Å². The third-order valence-corrected chi connectivity index (χ3v) is 2.45. The van der Waals surface area contributed by atoms with E-state index in [9.17, 15) is 9.18 Å². The Hall–Kier alpha value is -2.16. The number of halogens is 1. The lowest BCUT2D eigenvalue weighted by molar-refractivity contribution is -0.137. The number of carbonyl (C=O) groups is 1. The zero-order valence-electron chi connectivity index (χ0n) is 9.31. The fourth-order valence-corrected chi connectivity index (χ4v) is 1.60. The highest BCUT2D eigenvalue weighted by atomic mass is 19.1. The number of rotatable bonds is 2. The largest absolute Gasteiger partial charge is 0.464 e. The van der Waals surface area contributed by atoms with Gasteiger partial charge in [0.05, 0.1) is 7.11 Å². The van der Waals surface area contributed by atoms with Gasteiger partial charge in [0.2, 0.25) is 5.83 Å². The molecule has 2 nitrogen and oxygen atoms in total. The first-order valence-electron chi connectivity index (χ1n) is 5.15. The maximum Gasteiger partial charge on any atom is 0.366 e. The summed E-state index contributed by atoms with van der Waals surface area (Å²) < 4.78 is 17.6. The van der Waals surface area contributed by atoms with Gasteiger partial charge < -0.3 is 4.74 Å². The highest BCUT2D eigenvalue weighted by molar-refractivity contribution is 5.92. The first kappa shape index (κ1) is 11.3. The van der Waals surface area contributed by atoms with Crippen LogP contribution in [-0.2, 0) is 9.53 Å². The highest BCUT2D eigenvalue weighted by Crippen LogP contribution is 2.18. The Balaban J connectivity index is 2.40. The fraction of sp³-hybridized carbons (Fsp3) is 0.0714. The van der Waals surface area contributed by atoms with Crippen LogP contribution in [0.1, 0.15) is 5.56 Å². The molecule has 2 aromatic carbocycles. The number of fused-ring (bicyclic) bond motifs is 1. The molecule has 0 radical (unpaired) electrons. The molecule has 0 fully saturated rings. The summed E-state index contributed by atoms with van der Waals surface area (Å²) >= 11 is 0. The second-order valence-corrected chi connectivity index (χ2v) is 3.59. The summed E-state index contributed by atoms with van der Waals surface area (Å²) in [6.45, 7) is 0. The van der Waals surface area contributed by atoms with Gasteiger partial charge in [-0.1, -0.05) is 36.4 Å². The summed E-state index contributed by atoms with van der Waals surface area (Å²) in [4.78, 5) is 10.9. The summed E-state index contributed by atoms with van der Waals surface area (Å²) in [5.41, 5.74) is 0.631. The van der Waals surface area contributed by atoms with Crippen molar-refractivity contribution in [3.63, 3.8) is 0 Å². The van der Waals surface area contributed by atoms with E-state index >= 15 is 0 Å². The second-order valence-electron chi connectivity index (χ2n) is 3.59. The van der Waals surface area contributed by atoms with Gasteiger partial charge in [-0.2, -0.15) is 4.39 Å². The Morgan fingerprint density at radius 1 is 1.18 bits per heavy atom. The molecule has 0 saturated heterocycles. The first-order valence-corrected chi connectivity index (χ1v) is 5.15. The number of hydrogen-bond donors (Lipinski definition) is 0. The Labute approximate surface area is 98.3 Å². The molecule has 0 N–H and O–H groups in total. The molecule has 0 amide bonds. The molecular weight excluding hydrogens is 219 g/mol. The first-order chi connectivity index (χ1) is 8.20. The van der Waals surface area contributed by atoms with Gasteiger partial charge in [0.1, 0.15) is 0 Å². The molecule has 0 unspecified atom stereocenters. The molecule has 0 saturated carbocycles. The Morgan fingerprint density at radius 3 is 2.59 bits per heavy atom. The van der Waals surface area contributed by atoms with E-state index in [1.165, 1.54) is 0 Å². The van der Waals surface area contributed by atoms with E-state index in [2.05, 4.69) is 4.74 Å². The lowest BCUT2D eigenvalue weighted by Crippen LogP contribution is -1.99. The average molecular weight is 230 g/mol. The minimum atomic E-state index is -0.960. The molecule has 0 bridgehead atoms. The zero-order valence-corrected chi connectivity index (χ0v) is 9.31. The van der Waals surface area contributed by atoms with Crippen LogP contribution in [0.5, 0.6) is 0 Å². The van der Waals surface area contributed by atoms with Crippen LogP contribution in [0.2, 0.25) is 0 Å². The van der Waals surface area contributed by atoms with Crippen molar-refractivity contribution in [3.8, 4) is 0 Å². The molecule has 0 aliphatic rings. The van der Waals surface area contributed by atoms with Gasteiger partial charge >= 0.3 is 5.97 Å². The zero-order chi connectivity index (χ0) is 12.3. The van der Waals surface area contributed by atoms with Crippen LogP contribution in [-0.4, -0.2) is 13.1 Å². The van der Waals surface area contributed by atoms with Crippen LogP contribution in [0.25, 0.3) is 16.8 Å². The van der Waals surface area contributed by atoms with Crippen LogP contribution < -0.4 is 0 Å². The minimum absolute atomic E-state index is 0.631. The topological polar surface area (TPSA) is 26.3 Å². The van der Waals surface area contributed by atoms with Crippen molar-refractivity contribution in [2.24, 2.45) is 0 Å². The third-order valence-electron chi connectivity index (χ3n) is 2.45. The van der Waals surface area contributed by atoms with E-state index in [1.54, 1.807) is 6.07 Å². The Kier molecular flexibility index (Phi) is 3.19. The van der Waals surface area contributed by atoms with Crippen molar-refractivity contribution in [1.82, 2.24) is 0 Å². The maximum absolute atomic E-state index is 13.3. The lowest BCUT2D eigenvalue weighted by atomic mass is 10.1. The molecule has 2 aromatic rings. The van der Waals surface area contributed by atoms with Gasteiger partial charge in [-0.3, -0.25) is 0 Å². The summed E-state index contributed by atoms with van der Waals surface area (Å²) in [7, 11) is 1.15. The lowest BCUT2D eigenvalue weighted by Gasteiger charge is -2.00. The molecule has 0 aliphatic heterocycles. The monoisotopic (exact) mass is 230 g/mol. The Morgan fingerprint density at radius 2 is 1.88 bits per heavy atom. The standard InChI is InChI=1S/C14H11FO2/c1-17-14(16)13(15)9-10-6-7-11-4-2-3-5-12(11)8-10/h2-9H,1H3/b13-9-. The Bertz CT molecular complexity index is 588. The molecule has 3 heteroatoms.